The average molecular weight is 350 g/mol. The molecule has 3 aromatic rings. The first-order chi connectivity index (χ1) is 12.7. The summed E-state index contributed by atoms with van der Waals surface area (Å²) < 4.78 is 5.37. The predicted octanol–water partition coefficient (Wildman–Crippen LogP) is 2.89. The molecule has 0 unspecified atom stereocenters. The predicted molar refractivity (Wildman–Crippen MR) is 103 cm³/mol. The maximum atomic E-state index is 12.5. The van der Waals surface area contributed by atoms with Crippen molar-refractivity contribution in [2.75, 3.05) is 36.5 Å². The number of morpholine rings is 1. The monoisotopic (exact) mass is 350 g/mol. The number of hydrogen-bond acceptors (Lipinski definition) is 4. The SMILES string of the molecule is Cc1[nH]c2ccccc2c1CC(=O)Nc1ccc(N2CCOCC2)cn1. The molecule has 0 bridgehead atoms. The number of hydrogen-bond donors (Lipinski definition) is 2. The van der Waals surface area contributed by atoms with Crippen LogP contribution in [0.25, 0.3) is 10.9 Å². The van der Waals surface area contributed by atoms with Crippen molar-refractivity contribution in [3.05, 3.63) is 53.9 Å². The molecular formula is C20H22N4O2. The van der Waals surface area contributed by atoms with E-state index in [2.05, 4.69) is 20.2 Å². The van der Waals surface area contributed by atoms with Gasteiger partial charge in [-0.05, 0) is 30.7 Å². The lowest BCUT2D eigenvalue weighted by atomic mass is 10.1. The Hall–Kier alpha value is -2.86. The molecule has 134 valence electrons. The largest absolute Gasteiger partial charge is 0.378 e. The van der Waals surface area contributed by atoms with Crippen LogP contribution in [0.2, 0.25) is 0 Å². The maximum absolute atomic E-state index is 12.5. The molecule has 1 fully saturated rings. The molecule has 0 atom stereocenters. The van der Waals surface area contributed by atoms with E-state index >= 15 is 0 Å². The first kappa shape index (κ1) is 16.6. The highest BCUT2D eigenvalue weighted by molar-refractivity contribution is 5.95. The third-order valence-corrected chi connectivity index (χ3v) is 4.76. The van der Waals surface area contributed by atoms with Crippen LogP contribution in [-0.2, 0) is 16.0 Å². The van der Waals surface area contributed by atoms with Gasteiger partial charge in [-0.25, -0.2) is 4.98 Å². The fourth-order valence-electron chi connectivity index (χ4n) is 3.38. The number of nitrogens with zero attached hydrogens (tertiary/aromatic N) is 2. The number of anilines is 2. The van der Waals surface area contributed by atoms with Crippen molar-refractivity contribution in [2.24, 2.45) is 0 Å². The van der Waals surface area contributed by atoms with E-state index in [9.17, 15) is 4.79 Å². The van der Waals surface area contributed by atoms with Gasteiger partial charge in [0.05, 0.1) is 31.5 Å². The zero-order valence-electron chi connectivity index (χ0n) is 14.8. The topological polar surface area (TPSA) is 70.2 Å². The van der Waals surface area contributed by atoms with Crippen LogP contribution in [-0.4, -0.2) is 42.2 Å². The molecule has 1 aliphatic heterocycles. The number of H-pyrrole nitrogens is 1. The van der Waals surface area contributed by atoms with Gasteiger partial charge in [-0.3, -0.25) is 4.79 Å². The van der Waals surface area contributed by atoms with Gasteiger partial charge in [0.2, 0.25) is 5.91 Å². The van der Waals surface area contributed by atoms with Crippen LogP contribution in [0.15, 0.2) is 42.6 Å². The number of aromatic nitrogens is 2. The Balaban J connectivity index is 1.43. The lowest BCUT2D eigenvalue weighted by Gasteiger charge is -2.28. The highest BCUT2D eigenvalue weighted by Crippen LogP contribution is 2.23. The highest BCUT2D eigenvalue weighted by atomic mass is 16.5. The van der Waals surface area contributed by atoms with E-state index in [4.69, 9.17) is 4.74 Å². The molecule has 1 aromatic carbocycles. The second-order valence-corrected chi connectivity index (χ2v) is 6.50. The number of benzene rings is 1. The number of fused-ring (bicyclic) bond motifs is 1. The summed E-state index contributed by atoms with van der Waals surface area (Å²) in [5.74, 6) is 0.508. The Morgan fingerprint density at radius 3 is 2.81 bits per heavy atom. The minimum atomic E-state index is -0.0653. The van der Waals surface area contributed by atoms with Gasteiger partial charge in [0.15, 0.2) is 0 Å². The van der Waals surface area contributed by atoms with E-state index in [0.29, 0.717) is 12.2 Å². The smallest absolute Gasteiger partial charge is 0.230 e. The van der Waals surface area contributed by atoms with E-state index in [0.717, 1.165) is 54.2 Å². The Labute approximate surface area is 152 Å². The summed E-state index contributed by atoms with van der Waals surface area (Å²) in [6.45, 7) is 5.21. The molecule has 1 saturated heterocycles. The van der Waals surface area contributed by atoms with E-state index < -0.39 is 0 Å². The Morgan fingerprint density at radius 2 is 2.04 bits per heavy atom. The van der Waals surface area contributed by atoms with Crippen molar-refractivity contribution in [3.63, 3.8) is 0 Å². The molecule has 2 aromatic heterocycles. The van der Waals surface area contributed by atoms with Crippen molar-refractivity contribution in [1.29, 1.82) is 0 Å². The fourth-order valence-corrected chi connectivity index (χ4v) is 3.38. The quantitative estimate of drug-likeness (QED) is 0.759. The summed E-state index contributed by atoms with van der Waals surface area (Å²) in [4.78, 5) is 22.4. The molecule has 26 heavy (non-hydrogen) atoms. The molecule has 4 rings (SSSR count). The number of aryl methyl sites for hydroxylation is 1. The maximum Gasteiger partial charge on any atom is 0.230 e. The number of nitrogens with one attached hydrogen (secondary N) is 2. The number of amides is 1. The van der Waals surface area contributed by atoms with E-state index in [-0.39, 0.29) is 5.91 Å². The van der Waals surface area contributed by atoms with Crippen molar-refractivity contribution in [3.8, 4) is 0 Å². The molecule has 6 nitrogen and oxygen atoms in total. The third-order valence-electron chi connectivity index (χ3n) is 4.76. The molecule has 3 heterocycles. The van der Waals surface area contributed by atoms with Crippen LogP contribution < -0.4 is 10.2 Å². The van der Waals surface area contributed by atoms with Crippen LogP contribution in [0.3, 0.4) is 0 Å². The zero-order valence-corrected chi connectivity index (χ0v) is 14.8. The lowest BCUT2D eigenvalue weighted by Crippen LogP contribution is -2.36. The fraction of sp³-hybridized carbons (Fsp3) is 0.300. The number of para-hydroxylation sites is 1. The Kier molecular flexibility index (Phi) is 4.58. The van der Waals surface area contributed by atoms with Crippen LogP contribution in [0.4, 0.5) is 11.5 Å². The van der Waals surface area contributed by atoms with Gasteiger partial charge < -0.3 is 19.9 Å². The minimum absolute atomic E-state index is 0.0653. The van der Waals surface area contributed by atoms with Gasteiger partial charge in [-0.1, -0.05) is 18.2 Å². The second kappa shape index (κ2) is 7.17. The van der Waals surface area contributed by atoms with E-state index in [1.807, 2.05) is 43.3 Å². The molecule has 2 N–H and O–H groups in total. The standard InChI is InChI=1S/C20H22N4O2/c1-14-17(16-4-2-3-5-18(16)22-14)12-20(25)23-19-7-6-15(13-21-19)24-8-10-26-11-9-24/h2-7,13,22H,8-12H2,1H3,(H,21,23,25). The van der Waals surface area contributed by atoms with E-state index in [1.54, 1.807) is 6.20 Å². The second-order valence-electron chi connectivity index (χ2n) is 6.50. The van der Waals surface area contributed by atoms with Gasteiger partial charge in [-0.2, -0.15) is 0 Å². The molecule has 0 radical (unpaired) electrons. The summed E-state index contributed by atoms with van der Waals surface area (Å²) in [5, 5.41) is 3.99. The molecule has 6 heteroatoms. The first-order valence-corrected chi connectivity index (χ1v) is 8.85. The van der Waals surface area contributed by atoms with Crippen LogP contribution in [0.5, 0.6) is 0 Å². The van der Waals surface area contributed by atoms with Crippen molar-refractivity contribution in [2.45, 2.75) is 13.3 Å². The zero-order chi connectivity index (χ0) is 17.9. The van der Waals surface area contributed by atoms with Crippen molar-refractivity contribution >= 4 is 28.3 Å². The average Bonchev–Trinajstić information content (AvgIpc) is 2.98. The summed E-state index contributed by atoms with van der Waals surface area (Å²) in [7, 11) is 0. The lowest BCUT2D eigenvalue weighted by molar-refractivity contribution is -0.115. The normalized spacial score (nSPS) is 14.6. The number of aromatic amines is 1. The molecular weight excluding hydrogens is 328 g/mol. The molecule has 0 saturated carbocycles. The summed E-state index contributed by atoms with van der Waals surface area (Å²) in [6.07, 6.45) is 2.13. The number of carbonyl (C=O) groups is 1. The van der Waals surface area contributed by atoms with Gasteiger partial charge in [0.25, 0.3) is 0 Å². The Bertz CT molecular complexity index is 911. The summed E-state index contributed by atoms with van der Waals surface area (Å²) in [6, 6.07) is 11.9. The van der Waals surface area contributed by atoms with Crippen molar-refractivity contribution in [1.82, 2.24) is 9.97 Å². The van der Waals surface area contributed by atoms with Crippen LogP contribution in [0.1, 0.15) is 11.3 Å². The summed E-state index contributed by atoms with van der Waals surface area (Å²) >= 11 is 0. The van der Waals surface area contributed by atoms with Crippen molar-refractivity contribution < 1.29 is 9.53 Å². The Morgan fingerprint density at radius 1 is 1.23 bits per heavy atom. The van der Waals surface area contributed by atoms with Gasteiger partial charge in [0, 0.05) is 29.7 Å². The number of rotatable bonds is 4. The van der Waals surface area contributed by atoms with Crippen LogP contribution in [0, 0.1) is 6.92 Å². The van der Waals surface area contributed by atoms with E-state index in [1.165, 1.54) is 0 Å². The summed E-state index contributed by atoms with van der Waals surface area (Å²) in [5.41, 5.74) is 4.17. The van der Waals surface area contributed by atoms with Gasteiger partial charge in [0.1, 0.15) is 5.82 Å². The molecule has 1 amide bonds. The van der Waals surface area contributed by atoms with Gasteiger partial charge >= 0.3 is 0 Å². The highest BCUT2D eigenvalue weighted by Gasteiger charge is 2.14. The number of pyridine rings is 1. The molecule has 0 spiro atoms. The first-order valence-electron chi connectivity index (χ1n) is 8.85. The van der Waals surface area contributed by atoms with Crippen LogP contribution >= 0.6 is 0 Å². The number of ether oxygens (including phenoxy) is 1. The minimum Gasteiger partial charge on any atom is -0.378 e. The molecule has 1 aliphatic rings. The molecule has 0 aliphatic carbocycles. The number of carbonyl (C=O) groups excluding carboxylic acids is 1. The third kappa shape index (κ3) is 3.41. The van der Waals surface area contributed by atoms with Gasteiger partial charge in [-0.15, -0.1) is 0 Å².